The largest absolute Gasteiger partial charge is 0.430 e. The number of rotatable bonds is 6. The summed E-state index contributed by atoms with van der Waals surface area (Å²) < 4.78 is 48.2. The Kier molecular flexibility index (Phi) is 6.29. The number of hydrogen-bond acceptors (Lipinski definition) is 5. The number of hydrogen-bond donors (Lipinski definition) is 1. The van der Waals surface area contributed by atoms with Crippen LogP contribution >= 0.6 is 0 Å². The van der Waals surface area contributed by atoms with Crippen molar-refractivity contribution in [1.82, 2.24) is 19.9 Å². The molecule has 2 atom stereocenters. The van der Waals surface area contributed by atoms with Gasteiger partial charge in [-0.1, -0.05) is 30.3 Å². The molecule has 7 nitrogen and oxygen atoms in total. The molecule has 0 bridgehead atoms. The molecular formula is C23H26F3N5O2. The number of fused-ring (bicyclic) bond motifs is 1. The number of aromatic nitrogens is 3. The molecule has 1 amide bonds. The van der Waals surface area contributed by atoms with Crippen molar-refractivity contribution in [1.29, 1.82) is 0 Å². The van der Waals surface area contributed by atoms with Crippen molar-refractivity contribution in [2.45, 2.75) is 37.6 Å². The molecule has 0 unspecified atom stereocenters. The van der Waals surface area contributed by atoms with E-state index in [0.717, 1.165) is 18.9 Å². The molecule has 1 fully saturated rings. The normalized spacial score (nSPS) is 18.8. The van der Waals surface area contributed by atoms with E-state index in [1.807, 2.05) is 17.9 Å². The highest BCUT2D eigenvalue weighted by atomic mass is 19.4. The molecule has 4 rings (SSSR count). The van der Waals surface area contributed by atoms with Crippen LogP contribution in [0.4, 0.5) is 19.0 Å². The number of likely N-dealkylation sites (N-methyl/N-ethyl adjacent to an activating group) is 1. The smallest absolute Gasteiger partial charge is 0.356 e. The van der Waals surface area contributed by atoms with Gasteiger partial charge in [-0.25, -0.2) is 9.97 Å². The van der Waals surface area contributed by atoms with E-state index in [0.29, 0.717) is 24.4 Å². The van der Waals surface area contributed by atoms with Gasteiger partial charge in [0.2, 0.25) is 0 Å². The molecule has 1 aliphatic rings. The van der Waals surface area contributed by atoms with Gasteiger partial charge in [-0.3, -0.25) is 4.79 Å². The molecule has 2 aromatic heterocycles. The fourth-order valence-electron chi connectivity index (χ4n) is 4.69. The quantitative estimate of drug-likeness (QED) is 0.603. The van der Waals surface area contributed by atoms with Gasteiger partial charge in [0.1, 0.15) is 17.8 Å². The van der Waals surface area contributed by atoms with E-state index in [1.54, 1.807) is 12.3 Å². The van der Waals surface area contributed by atoms with Crippen LogP contribution in [-0.4, -0.2) is 64.7 Å². The number of carbonyl (C=O) groups excluding carboxylic acids is 1. The average molecular weight is 461 g/mol. The van der Waals surface area contributed by atoms with Crippen molar-refractivity contribution in [3.63, 3.8) is 0 Å². The van der Waals surface area contributed by atoms with E-state index in [2.05, 4.69) is 15.0 Å². The van der Waals surface area contributed by atoms with Crippen molar-refractivity contribution in [2.75, 3.05) is 31.6 Å². The molecule has 176 valence electrons. The Morgan fingerprint density at radius 2 is 2.00 bits per heavy atom. The summed E-state index contributed by atoms with van der Waals surface area (Å²) in [6.45, 7) is 2.90. The molecule has 1 aliphatic heterocycles. The maximum atomic E-state index is 14.4. The number of benzene rings is 1. The van der Waals surface area contributed by atoms with Crippen LogP contribution in [0.15, 0.2) is 48.9 Å². The SMILES string of the molecule is CCN(c1ncnc2[nH]ccc12)[C@@H]1CCCN(C(=O)[C@@](OC)(c2ccccc2)C(F)(F)F)C1. The highest BCUT2D eigenvalue weighted by Crippen LogP contribution is 2.44. The summed E-state index contributed by atoms with van der Waals surface area (Å²) >= 11 is 0. The predicted molar refractivity (Wildman–Crippen MR) is 118 cm³/mol. The summed E-state index contributed by atoms with van der Waals surface area (Å²) in [4.78, 5) is 28.5. The van der Waals surface area contributed by atoms with Crippen LogP contribution in [0.2, 0.25) is 0 Å². The number of likely N-dealkylation sites (tertiary alicyclic amines) is 1. The first-order chi connectivity index (χ1) is 15.8. The second-order valence-electron chi connectivity index (χ2n) is 8.02. The number of alkyl halides is 3. The van der Waals surface area contributed by atoms with Gasteiger partial charge in [-0.05, 0) is 25.8 Å². The third-order valence-corrected chi connectivity index (χ3v) is 6.26. The number of methoxy groups -OCH3 is 1. The monoisotopic (exact) mass is 461 g/mol. The molecule has 3 aromatic rings. The second kappa shape index (κ2) is 9.01. The summed E-state index contributed by atoms with van der Waals surface area (Å²) in [5.74, 6) is -0.404. The van der Waals surface area contributed by atoms with Crippen molar-refractivity contribution in [3.05, 3.63) is 54.5 Å². The van der Waals surface area contributed by atoms with Gasteiger partial charge < -0.3 is 19.5 Å². The van der Waals surface area contributed by atoms with Gasteiger partial charge in [-0.2, -0.15) is 13.2 Å². The van der Waals surface area contributed by atoms with E-state index in [4.69, 9.17) is 4.74 Å². The topological polar surface area (TPSA) is 74.4 Å². The first-order valence-corrected chi connectivity index (χ1v) is 10.8. The number of halogens is 3. The number of aromatic amines is 1. The summed E-state index contributed by atoms with van der Waals surface area (Å²) in [7, 11) is 0.932. The Morgan fingerprint density at radius 1 is 1.24 bits per heavy atom. The molecule has 1 aromatic carbocycles. The first kappa shape index (κ1) is 23.0. The van der Waals surface area contributed by atoms with Gasteiger partial charge in [0.25, 0.3) is 11.5 Å². The number of ether oxygens (including phenoxy) is 1. The Balaban J connectivity index is 1.67. The highest BCUT2D eigenvalue weighted by Gasteiger charge is 2.64. The number of nitrogens with zero attached hydrogens (tertiary/aromatic N) is 4. The van der Waals surface area contributed by atoms with E-state index in [1.165, 1.54) is 35.5 Å². The first-order valence-electron chi connectivity index (χ1n) is 10.8. The lowest BCUT2D eigenvalue weighted by Gasteiger charge is -2.43. The van der Waals surface area contributed by atoms with Crippen LogP contribution in [0.25, 0.3) is 11.0 Å². The third kappa shape index (κ3) is 3.92. The zero-order valence-electron chi connectivity index (χ0n) is 18.5. The minimum Gasteiger partial charge on any atom is -0.356 e. The minimum absolute atomic E-state index is 0.136. The maximum absolute atomic E-state index is 14.4. The Morgan fingerprint density at radius 3 is 2.67 bits per heavy atom. The molecule has 10 heteroatoms. The molecule has 3 heterocycles. The Hall–Kier alpha value is -3.14. The Labute approximate surface area is 189 Å². The summed E-state index contributed by atoms with van der Waals surface area (Å²) in [6.07, 6.45) is -0.409. The fraction of sp³-hybridized carbons (Fsp3) is 0.435. The molecule has 0 saturated carbocycles. The minimum atomic E-state index is -4.93. The maximum Gasteiger partial charge on any atom is 0.430 e. The van der Waals surface area contributed by atoms with E-state index >= 15 is 0 Å². The second-order valence-corrected chi connectivity index (χ2v) is 8.02. The van der Waals surface area contributed by atoms with Gasteiger partial charge in [0.05, 0.1) is 5.39 Å². The van der Waals surface area contributed by atoms with E-state index in [9.17, 15) is 18.0 Å². The molecule has 1 saturated heterocycles. The van der Waals surface area contributed by atoms with Crippen LogP contribution in [0.5, 0.6) is 0 Å². The lowest BCUT2D eigenvalue weighted by Crippen LogP contribution is -2.60. The van der Waals surface area contributed by atoms with E-state index in [-0.39, 0.29) is 24.7 Å². The summed E-state index contributed by atoms with van der Waals surface area (Å²) in [6, 6.07) is 8.77. The van der Waals surface area contributed by atoms with Crippen LogP contribution in [-0.2, 0) is 15.1 Å². The van der Waals surface area contributed by atoms with Crippen LogP contribution in [0, 0.1) is 0 Å². The standard InChI is InChI=1S/C23H26F3N5O2/c1-3-31(20-18-11-12-27-19(18)28-15-29-20)17-10-7-13-30(14-17)21(32)22(33-2,23(24,25)26)16-8-5-4-6-9-16/h4-6,8-9,11-12,15,17H,3,7,10,13-14H2,1-2H3,(H,27,28,29)/t17-,22+/m1/s1. The number of carbonyl (C=O) groups is 1. The van der Waals surface area contributed by atoms with Gasteiger partial charge >= 0.3 is 6.18 Å². The Bertz CT molecular complexity index is 1100. The molecular weight excluding hydrogens is 435 g/mol. The van der Waals surface area contributed by atoms with Crippen molar-refractivity contribution in [3.8, 4) is 0 Å². The van der Waals surface area contributed by atoms with Gasteiger partial charge in [-0.15, -0.1) is 0 Å². The van der Waals surface area contributed by atoms with Crippen LogP contribution in [0.1, 0.15) is 25.3 Å². The zero-order chi connectivity index (χ0) is 23.6. The number of piperidine rings is 1. The van der Waals surface area contributed by atoms with E-state index < -0.39 is 17.7 Å². The number of nitrogens with one attached hydrogen (secondary N) is 1. The third-order valence-electron chi connectivity index (χ3n) is 6.26. The van der Waals surface area contributed by atoms with Gasteiger partial charge in [0.15, 0.2) is 0 Å². The molecule has 0 aliphatic carbocycles. The summed E-state index contributed by atoms with van der Waals surface area (Å²) in [5.41, 5.74) is -2.61. The fourth-order valence-corrected chi connectivity index (χ4v) is 4.69. The lowest BCUT2D eigenvalue weighted by molar-refractivity contribution is -0.270. The lowest BCUT2D eigenvalue weighted by atomic mass is 9.89. The van der Waals surface area contributed by atoms with Crippen LogP contribution in [0.3, 0.4) is 0 Å². The number of amides is 1. The highest BCUT2D eigenvalue weighted by molar-refractivity contribution is 5.89. The number of anilines is 1. The molecule has 0 radical (unpaired) electrons. The summed E-state index contributed by atoms with van der Waals surface area (Å²) in [5, 5.41) is 0.827. The van der Waals surface area contributed by atoms with Crippen molar-refractivity contribution >= 4 is 22.8 Å². The van der Waals surface area contributed by atoms with Gasteiger partial charge in [0, 0.05) is 44.5 Å². The average Bonchev–Trinajstić information content (AvgIpc) is 3.30. The van der Waals surface area contributed by atoms with Crippen molar-refractivity contribution < 1.29 is 22.7 Å². The number of H-pyrrole nitrogens is 1. The zero-order valence-corrected chi connectivity index (χ0v) is 18.5. The molecule has 33 heavy (non-hydrogen) atoms. The molecule has 0 spiro atoms. The predicted octanol–water partition coefficient (Wildman–Crippen LogP) is 3.88. The van der Waals surface area contributed by atoms with Crippen LogP contribution < -0.4 is 4.90 Å². The molecule has 1 N–H and O–H groups in total. The van der Waals surface area contributed by atoms with Crippen molar-refractivity contribution in [2.24, 2.45) is 0 Å².